The van der Waals surface area contributed by atoms with Gasteiger partial charge in [-0.2, -0.15) is 0 Å². The monoisotopic (exact) mass is 276 g/mol. The molecule has 0 heteroatoms. The normalized spacial score (nSPS) is 10.0. The predicted molar refractivity (Wildman–Crippen MR) is 96.2 cm³/mol. The van der Waals surface area contributed by atoms with Crippen LogP contribution in [0.4, 0.5) is 0 Å². The second-order valence-electron chi connectivity index (χ2n) is 5.06. The largest absolute Gasteiger partial charge is 0.0991 e. The van der Waals surface area contributed by atoms with Gasteiger partial charge in [0.25, 0.3) is 0 Å². The lowest BCUT2D eigenvalue weighted by Gasteiger charge is -2.17. The fraction of sp³-hybridized carbons (Fsp3) is 0.143. The maximum absolute atomic E-state index is 3.93. The van der Waals surface area contributed by atoms with Crippen molar-refractivity contribution in [1.82, 2.24) is 0 Å². The molecule has 1 aromatic rings. The Bertz CT molecular complexity index is 620. The summed E-state index contributed by atoms with van der Waals surface area (Å²) >= 11 is 0. The van der Waals surface area contributed by atoms with Gasteiger partial charge >= 0.3 is 0 Å². The maximum Gasteiger partial charge on any atom is -0.00373 e. The molecule has 21 heavy (non-hydrogen) atoms. The first-order chi connectivity index (χ1) is 10.1. The van der Waals surface area contributed by atoms with Crippen LogP contribution in [-0.2, 0) is 0 Å². The predicted octanol–water partition coefficient (Wildman–Crippen LogP) is 6.20. The van der Waals surface area contributed by atoms with Crippen molar-refractivity contribution in [2.45, 2.75) is 20.8 Å². The summed E-state index contributed by atoms with van der Waals surface area (Å²) in [4.78, 5) is 0. The van der Waals surface area contributed by atoms with Crippen molar-refractivity contribution in [3.8, 4) is 0 Å². The quantitative estimate of drug-likeness (QED) is 0.543. The maximum atomic E-state index is 3.93. The number of allylic oxidation sites excluding steroid dienone is 9. The summed E-state index contributed by atoms with van der Waals surface area (Å²) in [5, 5.41) is 0. The highest BCUT2D eigenvalue weighted by atomic mass is 14.2. The molecule has 0 aliphatic carbocycles. The lowest BCUT2D eigenvalue weighted by molar-refractivity contribution is 1.32. The van der Waals surface area contributed by atoms with E-state index in [0.29, 0.717) is 0 Å². The highest BCUT2D eigenvalue weighted by Gasteiger charge is 2.12. The van der Waals surface area contributed by atoms with Gasteiger partial charge in [0, 0.05) is 0 Å². The first-order valence-electron chi connectivity index (χ1n) is 7.08. The van der Waals surface area contributed by atoms with Crippen LogP contribution < -0.4 is 0 Å². The minimum absolute atomic E-state index is 1.04. The zero-order valence-corrected chi connectivity index (χ0v) is 13.3. The van der Waals surface area contributed by atoms with Gasteiger partial charge in [0.05, 0.1) is 0 Å². The third kappa shape index (κ3) is 4.06. The molecule has 108 valence electrons. The summed E-state index contributed by atoms with van der Waals surface area (Å²) in [6.45, 7) is 18.0. The molecule has 0 fully saturated rings. The van der Waals surface area contributed by atoms with Gasteiger partial charge in [-0.05, 0) is 48.6 Å². The molecule has 0 N–H and O–H groups in total. The molecule has 0 atom stereocenters. The van der Waals surface area contributed by atoms with Gasteiger partial charge in [0.1, 0.15) is 0 Å². The summed E-state index contributed by atoms with van der Waals surface area (Å²) in [5.74, 6) is 0. The van der Waals surface area contributed by atoms with Crippen LogP contribution in [0.5, 0.6) is 0 Å². The Morgan fingerprint density at radius 3 is 2.10 bits per heavy atom. The molecule has 1 aromatic carbocycles. The SMILES string of the molecule is C=C/C=C\C(=C(C)C)C(=C(C=C)C=C)c1ccccc1C. The van der Waals surface area contributed by atoms with Crippen LogP contribution in [-0.4, -0.2) is 0 Å². The van der Waals surface area contributed by atoms with Crippen LogP contribution in [0.2, 0.25) is 0 Å². The van der Waals surface area contributed by atoms with Gasteiger partial charge in [0.2, 0.25) is 0 Å². The highest BCUT2D eigenvalue weighted by Crippen LogP contribution is 2.32. The molecular weight excluding hydrogens is 252 g/mol. The molecule has 0 bridgehead atoms. The molecule has 0 nitrogen and oxygen atoms in total. The number of hydrogen-bond donors (Lipinski definition) is 0. The number of benzene rings is 1. The van der Waals surface area contributed by atoms with Crippen LogP contribution in [0, 0.1) is 6.92 Å². The van der Waals surface area contributed by atoms with Gasteiger partial charge < -0.3 is 0 Å². The first-order valence-corrected chi connectivity index (χ1v) is 7.08. The summed E-state index contributed by atoms with van der Waals surface area (Å²) in [7, 11) is 0. The average molecular weight is 276 g/mol. The van der Waals surface area contributed by atoms with E-state index in [-0.39, 0.29) is 0 Å². The van der Waals surface area contributed by atoms with Crippen molar-refractivity contribution in [3.63, 3.8) is 0 Å². The fourth-order valence-electron chi connectivity index (χ4n) is 2.26. The van der Waals surface area contributed by atoms with E-state index >= 15 is 0 Å². The molecule has 0 saturated carbocycles. The summed E-state index contributed by atoms with van der Waals surface area (Å²) in [6.07, 6.45) is 9.57. The van der Waals surface area contributed by atoms with Crippen molar-refractivity contribution in [2.24, 2.45) is 0 Å². The van der Waals surface area contributed by atoms with Crippen LogP contribution in [0.25, 0.3) is 5.57 Å². The second-order valence-corrected chi connectivity index (χ2v) is 5.06. The van der Waals surface area contributed by atoms with Crippen molar-refractivity contribution in [2.75, 3.05) is 0 Å². The minimum atomic E-state index is 1.04. The van der Waals surface area contributed by atoms with Crippen molar-refractivity contribution < 1.29 is 0 Å². The van der Waals surface area contributed by atoms with E-state index in [9.17, 15) is 0 Å². The molecule has 0 radical (unpaired) electrons. The summed E-state index contributed by atoms with van der Waals surface area (Å²) in [6, 6.07) is 8.38. The number of aryl methyl sites for hydroxylation is 1. The molecule has 0 aromatic heterocycles. The second kappa shape index (κ2) is 8.06. The third-order valence-electron chi connectivity index (χ3n) is 3.35. The van der Waals surface area contributed by atoms with Crippen LogP contribution in [0.3, 0.4) is 0 Å². The fourth-order valence-corrected chi connectivity index (χ4v) is 2.26. The molecule has 0 saturated heterocycles. The minimum Gasteiger partial charge on any atom is -0.0991 e. The van der Waals surface area contributed by atoms with E-state index in [1.54, 1.807) is 6.08 Å². The molecule has 0 aliphatic rings. The highest BCUT2D eigenvalue weighted by molar-refractivity contribution is 5.88. The van der Waals surface area contributed by atoms with Gasteiger partial charge in [-0.1, -0.05) is 80.0 Å². The van der Waals surface area contributed by atoms with Crippen molar-refractivity contribution >= 4 is 5.57 Å². The average Bonchev–Trinajstić information content (AvgIpc) is 2.47. The van der Waals surface area contributed by atoms with Crippen LogP contribution >= 0.6 is 0 Å². The molecule has 0 unspecified atom stereocenters. The lowest BCUT2D eigenvalue weighted by atomic mass is 9.87. The first kappa shape index (κ1) is 16.7. The zero-order valence-electron chi connectivity index (χ0n) is 13.3. The molecule has 1 rings (SSSR count). The Balaban J connectivity index is 3.74. The zero-order chi connectivity index (χ0) is 15.8. The van der Waals surface area contributed by atoms with E-state index < -0.39 is 0 Å². The Morgan fingerprint density at radius 1 is 1.00 bits per heavy atom. The lowest BCUT2D eigenvalue weighted by Crippen LogP contribution is -1.96. The standard InChI is InChI=1S/C21H24/c1-7-10-14-19(16(4)5)21(18(8-2)9-3)20-15-12-11-13-17(20)6/h7-15H,1-3H2,4-6H3/b14-10-. The van der Waals surface area contributed by atoms with Crippen LogP contribution in [0.1, 0.15) is 25.0 Å². The number of hydrogen-bond acceptors (Lipinski definition) is 0. The summed E-state index contributed by atoms with van der Waals surface area (Å²) < 4.78 is 0. The Morgan fingerprint density at radius 2 is 1.62 bits per heavy atom. The Labute approximate surface area is 129 Å². The van der Waals surface area contributed by atoms with Crippen molar-refractivity contribution in [1.29, 1.82) is 0 Å². The molecule has 0 spiro atoms. The van der Waals surface area contributed by atoms with Gasteiger partial charge in [-0.25, -0.2) is 0 Å². The summed E-state index contributed by atoms with van der Waals surface area (Å²) in [5.41, 5.74) is 7.06. The van der Waals surface area contributed by atoms with E-state index in [0.717, 1.165) is 11.1 Å². The van der Waals surface area contributed by atoms with E-state index in [4.69, 9.17) is 0 Å². The molecule has 0 heterocycles. The number of rotatable bonds is 6. The van der Waals surface area contributed by atoms with E-state index in [1.807, 2.05) is 18.2 Å². The van der Waals surface area contributed by atoms with Crippen molar-refractivity contribution in [3.05, 3.63) is 102 Å². The third-order valence-corrected chi connectivity index (χ3v) is 3.35. The topological polar surface area (TPSA) is 0 Å². The molecular formula is C21H24. The van der Waals surface area contributed by atoms with Crippen LogP contribution in [0.15, 0.2) is 91.1 Å². The van der Waals surface area contributed by atoms with E-state index in [1.165, 1.54) is 22.3 Å². The van der Waals surface area contributed by atoms with Gasteiger partial charge in [0.15, 0.2) is 0 Å². The molecule has 0 amide bonds. The Hall–Kier alpha value is -2.34. The van der Waals surface area contributed by atoms with Gasteiger partial charge in [-0.3, -0.25) is 0 Å². The van der Waals surface area contributed by atoms with E-state index in [2.05, 4.69) is 70.8 Å². The smallest absolute Gasteiger partial charge is 0.00373 e. The molecule has 0 aliphatic heterocycles. The Kier molecular flexibility index (Phi) is 6.42. The van der Waals surface area contributed by atoms with Gasteiger partial charge in [-0.15, -0.1) is 0 Å².